The third-order valence-electron chi connectivity index (χ3n) is 4.94. The summed E-state index contributed by atoms with van der Waals surface area (Å²) < 4.78 is 31.1. The number of hydrogen-bond acceptors (Lipinski definition) is 1. The third kappa shape index (κ3) is 12.9. The van der Waals surface area contributed by atoms with Crippen LogP contribution < -0.4 is 21.2 Å². The zero-order chi connectivity index (χ0) is 26.8. The van der Waals surface area contributed by atoms with Gasteiger partial charge >= 0.3 is 28.2 Å². The van der Waals surface area contributed by atoms with Crippen molar-refractivity contribution in [3.63, 3.8) is 0 Å². The average Bonchev–Trinajstić information content (AvgIpc) is 2.95. The van der Waals surface area contributed by atoms with Crippen molar-refractivity contribution in [1.82, 2.24) is 0 Å². The minimum atomic E-state index is -4.76. The second-order valence-corrected chi connectivity index (χ2v) is 12.1. The van der Waals surface area contributed by atoms with Crippen molar-refractivity contribution in [3.05, 3.63) is 121 Å². The summed E-state index contributed by atoms with van der Waals surface area (Å²) >= 11 is 1.61. The first kappa shape index (κ1) is 32.2. The molecule has 0 aromatic heterocycles. The molecule has 0 amide bonds. The van der Waals surface area contributed by atoms with Gasteiger partial charge in [-0.3, -0.25) is 0 Å². The molecule has 192 valence electrons. The Hall–Kier alpha value is -1.82. The first-order valence-electron chi connectivity index (χ1n) is 10.8. The maximum absolute atomic E-state index is 10.4. The first-order chi connectivity index (χ1) is 17.3. The van der Waals surface area contributed by atoms with Crippen LogP contribution in [0.4, 0.5) is 13.2 Å². The Morgan fingerprint density at radius 1 is 0.556 bits per heavy atom. The molecule has 8 heteroatoms. The standard InChI is InChI=1S/2C13H13P.C2F3O.ClH.Pt/c2*1-14(12-8-4-2-5-9-12)13-10-6-3-7-11-13;3-2(4,5)1-6;;/h2*2-11H,1H3;;1H;/q;;-1;;+2/p+1. The Morgan fingerprint density at radius 2 is 0.722 bits per heavy atom. The molecule has 4 aromatic rings. The van der Waals surface area contributed by atoms with Gasteiger partial charge in [0.25, 0.3) is 6.18 Å². The minimum absolute atomic E-state index is 0.146. The van der Waals surface area contributed by atoms with Crippen molar-refractivity contribution in [2.45, 2.75) is 6.18 Å². The topological polar surface area (TPSA) is 17.1 Å². The van der Waals surface area contributed by atoms with E-state index in [1.54, 1.807) is 18.8 Å². The van der Waals surface area contributed by atoms with Crippen LogP contribution in [-0.2, 0) is 23.6 Å². The summed E-state index contributed by atoms with van der Waals surface area (Å²) in [6.45, 7) is 4.69. The summed E-state index contributed by atoms with van der Waals surface area (Å²) in [4.78, 5) is 8.58. The second kappa shape index (κ2) is 18.4. The van der Waals surface area contributed by atoms with Gasteiger partial charge in [0.1, 0.15) is 0 Å². The SMILES string of the molecule is C[PH+](c1ccccc1)c1ccccc1.C[PH+](c1ccccc1)c1ccccc1.O=[C-]C(F)(F)F.[Cl][Pt+]. The molecule has 0 saturated carbocycles. The van der Waals surface area contributed by atoms with Crippen molar-refractivity contribution < 1.29 is 36.7 Å². The van der Waals surface area contributed by atoms with E-state index in [2.05, 4.69) is 144 Å². The molecule has 4 rings (SSSR count). The van der Waals surface area contributed by atoms with Crippen molar-refractivity contribution in [2.24, 2.45) is 0 Å². The van der Waals surface area contributed by atoms with Gasteiger partial charge in [0.2, 0.25) is 0 Å². The normalized spacial score (nSPS) is 10.2. The summed E-state index contributed by atoms with van der Waals surface area (Å²) in [6.07, 6.45) is -4.91. The molecule has 0 heterocycles. The number of halogens is 4. The molecule has 0 N–H and O–H groups in total. The predicted molar refractivity (Wildman–Crippen MR) is 150 cm³/mol. The molecule has 0 fully saturated rings. The van der Waals surface area contributed by atoms with Crippen molar-refractivity contribution in [3.8, 4) is 0 Å². The van der Waals surface area contributed by atoms with Gasteiger partial charge in [-0.1, -0.05) is 72.8 Å². The molecule has 0 saturated heterocycles. The summed E-state index contributed by atoms with van der Waals surface area (Å²) in [6, 6.07) is 43.0. The molecule has 0 atom stereocenters. The van der Waals surface area contributed by atoms with Crippen LogP contribution in [0, 0.1) is 0 Å². The van der Waals surface area contributed by atoms with Gasteiger partial charge in [-0.05, 0) is 48.5 Å². The van der Waals surface area contributed by atoms with Crippen LogP contribution in [-0.4, -0.2) is 25.8 Å². The van der Waals surface area contributed by atoms with Gasteiger partial charge < -0.3 is 4.79 Å². The Balaban J connectivity index is 0.000000281. The molecule has 1 nitrogen and oxygen atoms in total. The van der Waals surface area contributed by atoms with E-state index in [-0.39, 0.29) is 6.29 Å². The van der Waals surface area contributed by atoms with Crippen LogP contribution in [0.2, 0.25) is 0 Å². The third-order valence-corrected chi connectivity index (χ3v) is 9.74. The van der Waals surface area contributed by atoms with E-state index >= 15 is 0 Å². The van der Waals surface area contributed by atoms with Crippen LogP contribution in [0.25, 0.3) is 0 Å². The second-order valence-electron chi connectivity index (χ2n) is 7.31. The van der Waals surface area contributed by atoms with Crippen molar-refractivity contribution in [1.29, 1.82) is 0 Å². The number of rotatable bonds is 4. The molecule has 0 bridgehead atoms. The fourth-order valence-corrected chi connectivity index (χ4v) is 6.52. The van der Waals surface area contributed by atoms with E-state index in [4.69, 9.17) is 4.79 Å². The molecular formula is C28H28ClF3OP2Pt+2. The van der Waals surface area contributed by atoms with Crippen LogP contribution >= 0.6 is 25.3 Å². The number of benzene rings is 4. The summed E-state index contributed by atoms with van der Waals surface area (Å²) in [7, 11) is 3.52. The summed E-state index contributed by atoms with van der Waals surface area (Å²) in [5.41, 5.74) is 0. The number of alkyl halides is 3. The van der Waals surface area contributed by atoms with E-state index in [9.17, 15) is 13.2 Å². The van der Waals surface area contributed by atoms with E-state index in [1.165, 1.54) is 21.2 Å². The Morgan fingerprint density at radius 3 is 0.861 bits per heavy atom. The Labute approximate surface area is 229 Å². The maximum atomic E-state index is 10.4. The molecule has 0 aliphatic carbocycles. The predicted octanol–water partition coefficient (Wildman–Crippen LogP) is 6.31. The van der Waals surface area contributed by atoms with Gasteiger partial charge in [-0.2, -0.15) is 6.29 Å². The van der Waals surface area contributed by atoms with Gasteiger partial charge in [0, 0.05) is 0 Å². The van der Waals surface area contributed by atoms with Gasteiger partial charge in [-0.15, -0.1) is 0 Å². The van der Waals surface area contributed by atoms with Crippen LogP contribution in [0.15, 0.2) is 121 Å². The van der Waals surface area contributed by atoms with Crippen LogP contribution in [0.3, 0.4) is 0 Å². The van der Waals surface area contributed by atoms with Gasteiger partial charge in [0.15, 0.2) is 0 Å². The fourth-order valence-electron chi connectivity index (χ4n) is 3.09. The van der Waals surface area contributed by atoms with Gasteiger partial charge in [0.05, 0.1) is 50.4 Å². The quantitative estimate of drug-likeness (QED) is 0.178. The zero-order valence-electron chi connectivity index (χ0n) is 19.8. The van der Waals surface area contributed by atoms with Crippen LogP contribution in [0.1, 0.15) is 0 Å². The monoisotopic (exact) mass is 729 g/mol. The fraction of sp³-hybridized carbons (Fsp3) is 0.107. The van der Waals surface area contributed by atoms with E-state index in [0.717, 1.165) is 0 Å². The van der Waals surface area contributed by atoms with Crippen molar-refractivity contribution >= 4 is 52.8 Å². The summed E-state index contributed by atoms with van der Waals surface area (Å²) in [5.74, 6) is 0. The molecule has 4 aromatic carbocycles. The van der Waals surface area contributed by atoms with Crippen molar-refractivity contribution in [2.75, 3.05) is 13.3 Å². The zero-order valence-corrected chi connectivity index (χ0v) is 24.8. The van der Waals surface area contributed by atoms with Crippen LogP contribution in [0.5, 0.6) is 0 Å². The summed E-state index contributed by atoms with van der Waals surface area (Å²) in [5, 5.41) is 5.90. The molecular weight excluding hydrogens is 702 g/mol. The average molecular weight is 730 g/mol. The Kier molecular flexibility index (Phi) is 16.5. The number of carbonyl (C=O) groups excluding carboxylic acids is 1. The van der Waals surface area contributed by atoms with Gasteiger partial charge in [-0.25, -0.2) is 13.2 Å². The van der Waals surface area contributed by atoms with E-state index in [0.29, 0.717) is 0 Å². The molecule has 0 radical (unpaired) electrons. The molecule has 0 aliphatic heterocycles. The molecule has 0 unspecified atom stereocenters. The number of hydrogen-bond donors (Lipinski definition) is 0. The molecule has 0 aliphatic rings. The first-order valence-corrected chi connectivity index (χ1v) is 17.6. The molecule has 0 spiro atoms. The Bertz CT molecular complexity index is 927. The molecule has 36 heavy (non-hydrogen) atoms. The van der Waals surface area contributed by atoms with E-state index in [1.807, 2.05) is 0 Å². The van der Waals surface area contributed by atoms with E-state index < -0.39 is 22.0 Å².